The maximum Gasteiger partial charge on any atom is 0.0432 e. The molecule has 0 radical (unpaired) electrons. The van der Waals surface area contributed by atoms with Crippen LogP contribution < -0.4 is 5.73 Å². The predicted octanol–water partition coefficient (Wildman–Crippen LogP) is 2.09. The van der Waals surface area contributed by atoms with E-state index >= 15 is 0 Å². The molecule has 0 saturated heterocycles. The molecule has 1 aromatic rings. The van der Waals surface area contributed by atoms with E-state index in [1.165, 1.54) is 0 Å². The van der Waals surface area contributed by atoms with Gasteiger partial charge in [-0.1, -0.05) is 13.8 Å². The van der Waals surface area contributed by atoms with E-state index in [1.54, 1.807) is 0 Å². The number of rotatable bonds is 2. The second-order valence-electron chi connectivity index (χ2n) is 2.95. The van der Waals surface area contributed by atoms with Crippen LogP contribution in [0.5, 0.6) is 0 Å². The molecule has 2 nitrogen and oxygen atoms in total. The van der Waals surface area contributed by atoms with E-state index in [0.717, 1.165) is 11.3 Å². The minimum Gasteiger partial charge on any atom is -0.326 e. The third kappa shape index (κ3) is 2.80. The van der Waals surface area contributed by atoms with Crippen molar-refractivity contribution in [3.63, 3.8) is 0 Å². The predicted molar refractivity (Wildman–Crippen MR) is 53.5 cm³/mol. The lowest BCUT2D eigenvalue weighted by atomic mass is 10.1. The topological polar surface area (TPSA) is 38.9 Å². The van der Waals surface area contributed by atoms with Crippen LogP contribution >= 0.6 is 12.4 Å². The van der Waals surface area contributed by atoms with E-state index in [9.17, 15) is 0 Å². The van der Waals surface area contributed by atoms with Crippen molar-refractivity contribution in [1.82, 2.24) is 4.98 Å². The highest BCUT2D eigenvalue weighted by atomic mass is 35.5. The molecule has 1 rings (SSSR count). The summed E-state index contributed by atoms with van der Waals surface area (Å²) in [5.41, 5.74) is 7.77. The fourth-order valence-electron chi connectivity index (χ4n) is 0.937. The first-order valence-corrected chi connectivity index (χ1v) is 3.89. The summed E-state index contributed by atoms with van der Waals surface area (Å²) < 4.78 is 0. The first-order valence-electron chi connectivity index (χ1n) is 3.89. The van der Waals surface area contributed by atoms with Gasteiger partial charge in [-0.3, -0.25) is 4.98 Å². The van der Waals surface area contributed by atoms with Crippen molar-refractivity contribution in [2.75, 3.05) is 0 Å². The quantitative estimate of drug-likeness (QED) is 0.768. The first kappa shape index (κ1) is 11.4. The van der Waals surface area contributed by atoms with Crippen LogP contribution in [0, 0.1) is 0 Å². The van der Waals surface area contributed by atoms with E-state index < -0.39 is 0 Å². The van der Waals surface area contributed by atoms with Crippen LogP contribution in [0.2, 0.25) is 0 Å². The van der Waals surface area contributed by atoms with Crippen molar-refractivity contribution in [1.29, 1.82) is 0 Å². The van der Waals surface area contributed by atoms with Gasteiger partial charge in [-0.05, 0) is 23.6 Å². The summed E-state index contributed by atoms with van der Waals surface area (Å²) in [5, 5.41) is 0. The number of halogens is 1. The molecule has 0 atom stereocenters. The van der Waals surface area contributed by atoms with Gasteiger partial charge in [0, 0.05) is 18.4 Å². The minimum absolute atomic E-state index is 0. The van der Waals surface area contributed by atoms with Crippen LogP contribution in [0.25, 0.3) is 0 Å². The Balaban J connectivity index is 0.00000121. The van der Waals surface area contributed by atoms with Gasteiger partial charge >= 0.3 is 0 Å². The van der Waals surface area contributed by atoms with Gasteiger partial charge in [0.25, 0.3) is 0 Å². The number of pyridine rings is 1. The summed E-state index contributed by atoms with van der Waals surface area (Å²) in [6, 6.07) is 4.01. The lowest BCUT2D eigenvalue weighted by Gasteiger charge is -2.04. The number of hydrogen-bond acceptors (Lipinski definition) is 2. The summed E-state index contributed by atoms with van der Waals surface area (Å²) >= 11 is 0. The van der Waals surface area contributed by atoms with Crippen molar-refractivity contribution >= 4 is 12.4 Å². The first-order chi connectivity index (χ1) is 5.24. The smallest absolute Gasteiger partial charge is 0.0432 e. The van der Waals surface area contributed by atoms with Gasteiger partial charge < -0.3 is 5.73 Å². The third-order valence-corrected chi connectivity index (χ3v) is 1.67. The van der Waals surface area contributed by atoms with Gasteiger partial charge in [0.05, 0.1) is 0 Å². The second kappa shape index (κ2) is 5.12. The van der Waals surface area contributed by atoms with Crippen molar-refractivity contribution in [3.8, 4) is 0 Å². The van der Waals surface area contributed by atoms with E-state index in [2.05, 4.69) is 24.9 Å². The normalized spacial score (nSPS) is 9.67. The number of hydrogen-bond donors (Lipinski definition) is 1. The van der Waals surface area contributed by atoms with Crippen LogP contribution in [0.3, 0.4) is 0 Å². The van der Waals surface area contributed by atoms with Crippen LogP contribution in [-0.2, 0) is 6.54 Å². The average Bonchev–Trinajstić information content (AvgIpc) is 2.05. The zero-order valence-corrected chi connectivity index (χ0v) is 8.27. The molecule has 68 valence electrons. The molecule has 0 amide bonds. The Kier molecular flexibility index (Phi) is 4.86. The number of aromatic nitrogens is 1. The van der Waals surface area contributed by atoms with Crippen LogP contribution in [-0.4, -0.2) is 4.98 Å². The minimum atomic E-state index is 0. The fourth-order valence-corrected chi connectivity index (χ4v) is 0.937. The molecule has 0 aliphatic heterocycles. The summed E-state index contributed by atoms with van der Waals surface area (Å²) in [6.07, 6.45) is 1.82. The maximum absolute atomic E-state index is 5.49. The van der Waals surface area contributed by atoms with Gasteiger partial charge in [-0.25, -0.2) is 0 Å². The number of nitrogens with zero attached hydrogens (tertiary/aromatic N) is 1. The Hall–Kier alpha value is -0.600. The lowest BCUT2D eigenvalue weighted by molar-refractivity contribution is 0.816. The second-order valence-corrected chi connectivity index (χ2v) is 2.95. The van der Waals surface area contributed by atoms with Crippen molar-refractivity contribution in [2.24, 2.45) is 5.73 Å². The lowest BCUT2D eigenvalue weighted by Crippen LogP contribution is -1.99. The average molecular weight is 187 g/mol. The fraction of sp³-hybridized carbons (Fsp3) is 0.444. The maximum atomic E-state index is 5.49. The monoisotopic (exact) mass is 186 g/mol. The molecule has 0 bridgehead atoms. The Morgan fingerprint density at radius 1 is 1.50 bits per heavy atom. The van der Waals surface area contributed by atoms with Crippen molar-refractivity contribution in [2.45, 2.75) is 26.3 Å². The third-order valence-electron chi connectivity index (χ3n) is 1.67. The molecule has 0 spiro atoms. The van der Waals surface area contributed by atoms with Gasteiger partial charge in [-0.2, -0.15) is 0 Å². The molecule has 1 aromatic heterocycles. The van der Waals surface area contributed by atoms with E-state index in [-0.39, 0.29) is 12.4 Å². The molecule has 0 unspecified atom stereocenters. The summed E-state index contributed by atoms with van der Waals surface area (Å²) in [7, 11) is 0. The molecule has 3 heteroatoms. The van der Waals surface area contributed by atoms with E-state index in [4.69, 9.17) is 5.73 Å². The molecule has 2 N–H and O–H groups in total. The molecular formula is C9H15ClN2. The Morgan fingerprint density at radius 3 is 2.67 bits per heavy atom. The SMILES string of the molecule is CC(C)c1cc(CN)ccn1.Cl. The van der Waals surface area contributed by atoms with Gasteiger partial charge in [0.2, 0.25) is 0 Å². The van der Waals surface area contributed by atoms with Crippen LogP contribution in [0.4, 0.5) is 0 Å². The van der Waals surface area contributed by atoms with Crippen LogP contribution in [0.1, 0.15) is 31.0 Å². The largest absolute Gasteiger partial charge is 0.326 e. The van der Waals surface area contributed by atoms with Crippen molar-refractivity contribution < 1.29 is 0 Å². The molecule has 1 heterocycles. The highest BCUT2D eigenvalue weighted by molar-refractivity contribution is 5.85. The summed E-state index contributed by atoms with van der Waals surface area (Å²) in [5.74, 6) is 0.487. The summed E-state index contributed by atoms with van der Waals surface area (Å²) in [4.78, 5) is 4.23. The highest BCUT2D eigenvalue weighted by Gasteiger charge is 1.99. The van der Waals surface area contributed by atoms with Gasteiger partial charge in [0.15, 0.2) is 0 Å². The van der Waals surface area contributed by atoms with Crippen LogP contribution in [0.15, 0.2) is 18.3 Å². The van der Waals surface area contributed by atoms with E-state index in [0.29, 0.717) is 12.5 Å². The molecular weight excluding hydrogens is 172 g/mol. The molecule has 0 saturated carbocycles. The Bertz CT molecular complexity index is 236. The Morgan fingerprint density at radius 2 is 2.17 bits per heavy atom. The van der Waals surface area contributed by atoms with Crippen molar-refractivity contribution in [3.05, 3.63) is 29.6 Å². The standard InChI is InChI=1S/C9H14N2.ClH/c1-7(2)9-5-8(6-10)3-4-11-9;/h3-5,7H,6,10H2,1-2H3;1H. The molecule has 0 aliphatic rings. The number of nitrogens with two attached hydrogens (primary N) is 1. The van der Waals surface area contributed by atoms with Gasteiger partial charge in [-0.15, -0.1) is 12.4 Å². The molecule has 0 fully saturated rings. The zero-order valence-electron chi connectivity index (χ0n) is 7.45. The zero-order chi connectivity index (χ0) is 8.27. The van der Waals surface area contributed by atoms with E-state index in [1.807, 2.05) is 12.3 Å². The van der Waals surface area contributed by atoms with Gasteiger partial charge in [0.1, 0.15) is 0 Å². The Labute approximate surface area is 79.6 Å². The molecule has 12 heavy (non-hydrogen) atoms. The molecule has 0 aliphatic carbocycles. The highest BCUT2D eigenvalue weighted by Crippen LogP contribution is 2.11. The molecule has 0 aromatic carbocycles. The summed E-state index contributed by atoms with van der Waals surface area (Å²) in [6.45, 7) is 4.85.